The largest absolute Gasteiger partial charge is 0.310 e. The van der Waals surface area contributed by atoms with Crippen LogP contribution in [-0.2, 0) is 0 Å². The van der Waals surface area contributed by atoms with Gasteiger partial charge in [-0.05, 0) is 59.9 Å². The van der Waals surface area contributed by atoms with Crippen molar-refractivity contribution in [3.63, 3.8) is 0 Å². The molecular weight excluding hydrogens is 281 g/mol. The van der Waals surface area contributed by atoms with E-state index in [0.29, 0.717) is 4.47 Å². The van der Waals surface area contributed by atoms with E-state index >= 15 is 0 Å². The zero-order valence-electron chi connectivity index (χ0n) is 10.4. The van der Waals surface area contributed by atoms with Gasteiger partial charge in [0.15, 0.2) is 0 Å². The monoisotopic (exact) mass is 299 g/mol. The molecule has 1 N–H and O–H groups in total. The van der Waals surface area contributed by atoms with Gasteiger partial charge in [-0.1, -0.05) is 18.6 Å². The highest BCUT2D eigenvalue weighted by molar-refractivity contribution is 9.10. The van der Waals surface area contributed by atoms with E-state index < -0.39 is 0 Å². The Kier molecular flexibility index (Phi) is 5.86. The Morgan fingerprint density at radius 1 is 1.53 bits per heavy atom. The molecule has 0 aliphatic heterocycles. The van der Waals surface area contributed by atoms with Crippen molar-refractivity contribution in [1.82, 2.24) is 5.32 Å². The second kappa shape index (κ2) is 6.92. The summed E-state index contributed by atoms with van der Waals surface area (Å²) in [5, 5.41) is 3.46. The Labute approximate surface area is 111 Å². The van der Waals surface area contributed by atoms with Crippen LogP contribution in [0.5, 0.6) is 0 Å². The topological polar surface area (TPSA) is 12.0 Å². The molecule has 0 bridgehead atoms. The molecule has 1 aromatic rings. The molecule has 3 heteroatoms. The molecule has 0 fully saturated rings. The highest BCUT2D eigenvalue weighted by atomic mass is 79.9. The molecule has 0 saturated heterocycles. The fraction of sp³-hybridized carbons (Fsp3) is 0.429. The Morgan fingerprint density at radius 2 is 2.24 bits per heavy atom. The van der Waals surface area contributed by atoms with Crippen LogP contribution >= 0.6 is 15.9 Å². The van der Waals surface area contributed by atoms with E-state index in [1.54, 1.807) is 0 Å². The van der Waals surface area contributed by atoms with Crippen LogP contribution in [0.3, 0.4) is 0 Å². The van der Waals surface area contributed by atoms with Gasteiger partial charge in [0.05, 0.1) is 4.47 Å². The second-order valence-electron chi connectivity index (χ2n) is 4.34. The number of halogens is 2. The molecule has 0 heterocycles. The molecule has 0 saturated carbocycles. The number of nitrogens with one attached hydrogen (secondary N) is 1. The molecule has 17 heavy (non-hydrogen) atoms. The fourth-order valence-corrected chi connectivity index (χ4v) is 2.10. The first-order valence-electron chi connectivity index (χ1n) is 5.87. The molecule has 0 aliphatic carbocycles. The van der Waals surface area contributed by atoms with Gasteiger partial charge in [0.1, 0.15) is 5.82 Å². The summed E-state index contributed by atoms with van der Waals surface area (Å²) < 4.78 is 13.7. The van der Waals surface area contributed by atoms with E-state index in [0.717, 1.165) is 30.5 Å². The van der Waals surface area contributed by atoms with Crippen molar-refractivity contribution in [3.8, 4) is 0 Å². The first-order valence-corrected chi connectivity index (χ1v) is 6.66. The van der Waals surface area contributed by atoms with Crippen LogP contribution in [-0.4, -0.2) is 6.54 Å². The van der Waals surface area contributed by atoms with Gasteiger partial charge in [0, 0.05) is 6.04 Å². The summed E-state index contributed by atoms with van der Waals surface area (Å²) in [6.45, 7) is 9.04. The number of hydrogen-bond donors (Lipinski definition) is 1. The minimum Gasteiger partial charge on any atom is -0.310 e. The average molecular weight is 300 g/mol. The maximum atomic E-state index is 13.2. The molecule has 0 aliphatic rings. The van der Waals surface area contributed by atoms with Crippen molar-refractivity contribution >= 4 is 15.9 Å². The lowest BCUT2D eigenvalue weighted by molar-refractivity contribution is 0.526. The van der Waals surface area contributed by atoms with Crippen molar-refractivity contribution in [3.05, 3.63) is 46.2 Å². The Bertz CT molecular complexity index is 390. The van der Waals surface area contributed by atoms with Crippen molar-refractivity contribution in [2.45, 2.75) is 32.7 Å². The third kappa shape index (κ3) is 4.60. The first-order chi connectivity index (χ1) is 8.04. The van der Waals surface area contributed by atoms with Crippen LogP contribution in [0.2, 0.25) is 0 Å². The summed E-state index contributed by atoms with van der Waals surface area (Å²) >= 11 is 3.22. The lowest BCUT2D eigenvalue weighted by Crippen LogP contribution is -2.22. The van der Waals surface area contributed by atoms with Crippen LogP contribution in [0.1, 0.15) is 38.3 Å². The SMILES string of the molecule is C=C(C)CC(NCCC)c1ccc(F)c(Br)c1. The maximum absolute atomic E-state index is 13.2. The third-order valence-corrected chi connectivity index (χ3v) is 3.15. The van der Waals surface area contributed by atoms with Crippen LogP contribution in [0.4, 0.5) is 4.39 Å². The van der Waals surface area contributed by atoms with Gasteiger partial charge in [-0.2, -0.15) is 0 Å². The highest BCUT2D eigenvalue weighted by Crippen LogP contribution is 2.25. The van der Waals surface area contributed by atoms with Crippen molar-refractivity contribution in [2.24, 2.45) is 0 Å². The Balaban J connectivity index is 2.86. The van der Waals surface area contributed by atoms with Crippen LogP contribution in [0.25, 0.3) is 0 Å². The van der Waals surface area contributed by atoms with Gasteiger partial charge >= 0.3 is 0 Å². The first kappa shape index (κ1) is 14.4. The summed E-state index contributed by atoms with van der Waals surface area (Å²) in [4.78, 5) is 0. The van der Waals surface area contributed by atoms with Crippen molar-refractivity contribution in [2.75, 3.05) is 6.54 Å². The van der Waals surface area contributed by atoms with Crippen molar-refractivity contribution in [1.29, 1.82) is 0 Å². The summed E-state index contributed by atoms with van der Waals surface area (Å²) in [6, 6.07) is 5.38. The summed E-state index contributed by atoms with van der Waals surface area (Å²) in [5.74, 6) is -0.224. The van der Waals surface area contributed by atoms with Crippen LogP contribution in [0.15, 0.2) is 34.8 Å². The van der Waals surface area contributed by atoms with Gasteiger partial charge in [-0.3, -0.25) is 0 Å². The maximum Gasteiger partial charge on any atom is 0.137 e. The molecule has 1 atom stereocenters. The van der Waals surface area contributed by atoms with Gasteiger partial charge < -0.3 is 5.32 Å². The van der Waals surface area contributed by atoms with Crippen LogP contribution < -0.4 is 5.32 Å². The normalized spacial score (nSPS) is 12.5. The summed E-state index contributed by atoms with van der Waals surface area (Å²) in [7, 11) is 0. The molecule has 1 nitrogen and oxygen atoms in total. The molecular formula is C14H19BrFN. The number of rotatable bonds is 6. The molecule has 0 amide bonds. The minimum atomic E-state index is -0.224. The molecule has 94 valence electrons. The number of hydrogen-bond acceptors (Lipinski definition) is 1. The molecule has 1 unspecified atom stereocenters. The third-order valence-electron chi connectivity index (χ3n) is 2.54. The zero-order valence-corrected chi connectivity index (χ0v) is 12.0. The Hall–Kier alpha value is -0.670. The molecule has 0 aromatic heterocycles. The number of benzene rings is 1. The predicted octanol–water partition coefficient (Wildman–Crippen LogP) is 4.60. The molecule has 0 spiro atoms. The smallest absolute Gasteiger partial charge is 0.137 e. The Morgan fingerprint density at radius 3 is 2.76 bits per heavy atom. The fourth-order valence-electron chi connectivity index (χ4n) is 1.70. The van der Waals surface area contributed by atoms with Gasteiger partial charge in [0.25, 0.3) is 0 Å². The molecule has 1 rings (SSSR count). The van der Waals surface area contributed by atoms with Gasteiger partial charge in [0.2, 0.25) is 0 Å². The van der Waals surface area contributed by atoms with E-state index in [4.69, 9.17) is 0 Å². The molecule has 0 radical (unpaired) electrons. The summed E-state index contributed by atoms with van der Waals surface area (Å²) in [5.41, 5.74) is 2.22. The van der Waals surface area contributed by atoms with E-state index in [2.05, 4.69) is 34.7 Å². The second-order valence-corrected chi connectivity index (χ2v) is 5.20. The van der Waals surface area contributed by atoms with Gasteiger partial charge in [-0.25, -0.2) is 4.39 Å². The lowest BCUT2D eigenvalue weighted by atomic mass is 10.00. The van der Waals surface area contributed by atoms with E-state index in [1.807, 2.05) is 19.1 Å². The van der Waals surface area contributed by atoms with E-state index in [1.165, 1.54) is 6.07 Å². The van der Waals surface area contributed by atoms with Crippen molar-refractivity contribution < 1.29 is 4.39 Å². The quantitative estimate of drug-likeness (QED) is 0.757. The predicted molar refractivity (Wildman–Crippen MR) is 74.6 cm³/mol. The van der Waals surface area contributed by atoms with Gasteiger partial charge in [-0.15, -0.1) is 6.58 Å². The van der Waals surface area contributed by atoms with Crippen LogP contribution in [0, 0.1) is 5.82 Å². The molecule has 1 aromatic carbocycles. The van der Waals surface area contributed by atoms with E-state index in [-0.39, 0.29) is 11.9 Å². The average Bonchev–Trinajstić information content (AvgIpc) is 2.27. The minimum absolute atomic E-state index is 0.212. The van der Waals surface area contributed by atoms with E-state index in [9.17, 15) is 4.39 Å². The lowest BCUT2D eigenvalue weighted by Gasteiger charge is -2.19. The highest BCUT2D eigenvalue weighted by Gasteiger charge is 2.12. The standard InChI is InChI=1S/C14H19BrFN/c1-4-7-17-14(8-10(2)3)11-5-6-13(16)12(15)9-11/h5-6,9,14,17H,2,4,7-8H2,1,3H3. The zero-order chi connectivity index (χ0) is 12.8. The summed E-state index contributed by atoms with van der Waals surface area (Å²) in [6.07, 6.45) is 1.95.